The number of aromatic nitrogens is 1. The summed E-state index contributed by atoms with van der Waals surface area (Å²) in [4.78, 5) is 18.1. The predicted molar refractivity (Wildman–Crippen MR) is 111 cm³/mol. The molecule has 1 heterocycles. The van der Waals surface area contributed by atoms with E-state index in [0.29, 0.717) is 34.8 Å². The third-order valence-electron chi connectivity index (χ3n) is 3.30. The SMILES string of the molecule is COCCNC(=S)N/N=C\c1csc(N(C(C)=O)c2ccc(OC)cc2)n1. The van der Waals surface area contributed by atoms with Crippen molar-refractivity contribution in [3.8, 4) is 5.75 Å². The average molecular weight is 408 g/mol. The summed E-state index contributed by atoms with van der Waals surface area (Å²) in [6.45, 7) is 2.63. The maximum absolute atomic E-state index is 12.1. The molecule has 0 bridgehead atoms. The Balaban J connectivity index is 2.03. The molecule has 0 fully saturated rings. The van der Waals surface area contributed by atoms with Gasteiger partial charge in [-0.3, -0.25) is 15.1 Å². The fourth-order valence-corrected chi connectivity index (χ4v) is 3.05. The van der Waals surface area contributed by atoms with Gasteiger partial charge in [-0.25, -0.2) is 4.98 Å². The lowest BCUT2D eigenvalue weighted by atomic mass is 10.3. The van der Waals surface area contributed by atoms with Crippen molar-refractivity contribution in [2.24, 2.45) is 5.10 Å². The minimum atomic E-state index is -0.139. The van der Waals surface area contributed by atoms with Gasteiger partial charge in [0.15, 0.2) is 10.2 Å². The molecule has 1 amide bonds. The number of anilines is 2. The van der Waals surface area contributed by atoms with Gasteiger partial charge in [0.2, 0.25) is 5.91 Å². The first-order chi connectivity index (χ1) is 13.0. The molecule has 2 N–H and O–H groups in total. The number of carbonyl (C=O) groups is 1. The Bertz CT molecular complexity index is 792. The normalized spacial score (nSPS) is 10.6. The van der Waals surface area contributed by atoms with E-state index in [4.69, 9.17) is 21.7 Å². The van der Waals surface area contributed by atoms with E-state index < -0.39 is 0 Å². The molecule has 0 saturated heterocycles. The number of amides is 1. The zero-order valence-electron chi connectivity index (χ0n) is 15.3. The van der Waals surface area contributed by atoms with Crippen molar-refractivity contribution in [3.63, 3.8) is 0 Å². The molecule has 2 rings (SSSR count). The number of hydrazone groups is 1. The van der Waals surface area contributed by atoms with Crippen LogP contribution in [-0.2, 0) is 9.53 Å². The van der Waals surface area contributed by atoms with Gasteiger partial charge in [0.05, 0.1) is 31.3 Å². The molecule has 0 aliphatic carbocycles. The molecule has 27 heavy (non-hydrogen) atoms. The Morgan fingerprint density at radius 2 is 2.11 bits per heavy atom. The van der Waals surface area contributed by atoms with Gasteiger partial charge < -0.3 is 14.8 Å². The number of methoxy groups -OCH3 is 2. The number of carbonyl (C=O) groups excluding carboxylic acids is 1. The predicted octanol–water partition coefficient (Wildman–Crippen LogP) is 2.28. The van der Waals surface area contributed by atoms with E-state index in [2.05, 4.69) is 20.8 Å². The van der Waals surface area contributed by atoms with Gasteiger partial charge in [-0.15, -0.1) is 11.3 Å². The van der Waals surface area contributed by atoms with Crippen LogP contribution in [0.2, 0.25) is 0 Å². The average Bonchev–Trinajstić information content (AvgIpc) is 3.10. The molecule has 0 unspecified atom stereocenters. The van der Waals surface area contributed by atoms with Gasteiger partial charge in [0.1, 0.15) is 5.75 Å². The van der Waals surface area contributed by atoms with Crippen LogP contribution < -0.4 is 20.4 Å². The standard InChI is InChI=1S/C17H21N5O3S2/c1-12(23)22(14-4-6-15(25-3)7-5-14)17-20-13(11-27-17)10-19-21-16(26)18-8-9-24-2/h4-7,10-11H,8-9H2,1-3H3,(H2,18,21,26)/b19-10-. The molecule has 0 saturated carbocycles. The minimum Gasteiger partial charge on any atom is -0.497 e. The van der Waals surface area contributed by atoms with Crippen LogP contribution in [-0.4, -0.2) is 49.6 Å². The molecule has 1 aromatic heterocycles. The highest BCUT2D eigenvalue weighted by atomic mass is 32.1. The summed E-state index contributed by atoms with van der Waals surface area (Å²) in [7, 11) is 3.21. The molecule has 0 atom stereocenters. The van der Waals surface area contributed by atoms with Crippen LogP contribution in [0.5, 0.6) is 5.75 Å². The first-order valence-corrected chi connectivity index (χ1v) is 9.30. The number of ether oxygens (including phenoxy) is 2. The third kappa shape index (κ3) is 6.27. The van der Waals surface area contributed by atoms with Gasteiger partial charge >= 0.3 is 0 Å². The van der Waals surface area contributed by atoms with Crippen LogP contribution in [0.1, 0.15) is 12.6 Å². The van der Waals surface area contributed by atoms with Crippen molar-refractivity contribution in [1.29, 1.82) is 0 Å². The van der Waals surface area contributed by atoms with Crippen LogP contribution in [0.15, 0.2) is 34.7 Å². The zero-order chi connectivity index (χ0) is 19.6. The second-order valence-electron chi connectivity index (χ2n) is 5.23. The van der Waals surface area contributed by atoms with Crippen LogP contribution >= 0.6 is 23.6 Å². The Kier molecular flexibility index (Phi) is 8.11. The van der Waals surface area contributed by atoms with E-state index in [0.717, 1.165) is 5.75 Å². The summed E-state index contributed by atoms with van der Waals surface area (Å²) < 4.78 is 10.1. The Morgan fingerprint density at radius 3 is 2.74 bits per heavy atom. The van der Waals surface area contributed by atoms with E-state index in [9.17, 15) is 4.79 Å². The maximum atomic E-state index is 12.1. The molecule has 10 heteroatoms. The molecule has 0 spiro atoms. The van der Waals surface area contributed by atoms with E-state index in [1.54, 1.807) is 43.9 Å². The number of rotatable bonds is 8. The lowest BCUT2D eigenvalue weighted by Gasteiger charge is -2.18. The first kappa shape index (κ1) is 20.7. The molecular formula is C17H21N5O3S2. The number of thiocarbonyl (C=S) groups is 1. The van der Waals surface area contributed by atoms with Crippen LogP contribution in [0, 0.1) is 0 Å². The first-order valence-electron chi connectivity index (χ1n) is 8.01. The van der Waals surface area contributed by atoms with Crippen molar-refractivity contribution >= 4 is 51.6 Å². The Labute approximate surface area is 167 Å². The number of hydrogen-bond acceptors (Lipinski definition) is 7. The quantitative estimate of drug-likeness (QED) is 0.300. The van der Waals surface area contributed by atoms with Crippen molar-refractivity contribution in [1.82, 2.24) is 15.7 Å². The third-order valence-corrected chi connectivity index (χ3v) is 4.38. The van der Waals surface area contributed by atoms with Crippen LogP contribution in [0.3, 0.4) is 0 Å². The topological polar surface area (TPSA) is 88.1 Å². The molecule has 0 aliphatic heterocycles. The smallest absolute Gasteiger partial charge is 0.230 e. The van der Waals surface area contributed by atoms with Crippen LogP contribution in [0.4, 0.5) is 10.8 Å². The number of nitrogens with one attached hydrogen (secondary N) is 2. The van der Waals surface area contributed by atoms with Crippen molar-refractivity contribution in [2.75, 3.05) is 32.3 Å². The lowest BCUT2D eigenvalue weighted by Crippen LogP contribution is -2.34. The van der Waals surface area contributed by atoms with Gasteiger partial charge in [0, 0.05) is 26.0 Å². The number of thiazole rings is 1. The van der Waals surface area contributed by atoms with Crippen LogP contribution in [0.25, 0.3) is 0 Å². The van der Waals surface area contributed by atoms with Gasteiger partial charge in [-0.05, 0) is 36.5 Å². The molecular weight excluding hydrogens is 386 g/mol. The highest BCUT2D eigenvalue weighted by Crippen LogP contribution is 2.29. The highest BCUT2D eigenvalue weighted by Gasteiger charge is 2.17. The molecule has 144 valence electrons. The molecule has 8 nitrogen and oxygen atoms in total. The summed E-state index contributed by atoms with van der Waals surface area (Å²) in [6, 6.07) is 7.20. The van der Waals surface area contributed by atoms with Gasteiger partial charge in [0.25, 0.3) is 0 Å². The summed E-state index contributed by atoms with van der Waals surface area (Å²) in [5.41, 5.74) is 4.02. The van der Waals surface area contributed by atoms with Crippen molar-refractivity contribution in [3.05, 3.63) is 35.3 Å². The molecule has 0 radical (unpaired) electrons. The van der Waals surface area contributed by atoms with E-state index in [1.807, 2.05) is 0 Å². The summed E-state index contributed by atoms with van der Waals surface area (Å²) in [6.07, 6.45) is 1.54. The largest absolute Gasteiger partial charge is 0.497 e. The molecule has 0 aliphatic rings. The van der Waals surface area contributed by atoms with Gasteiger partial charge in [-0.2, -0.15) is 5.10 Å². The fourth-order valence-electron chi connectivity index (χ4n) is 2.06. The maximum Gasteiger partial charge on any atom is 0.230 e. The van der Waals surface area contributed by atoms with E-state index in [1.165, 1.54) is 29.4 Å². The Morgan fingerprint density at radius 1 is 1.37 bits per heavy atom. The monoisotopic (exact) mass is 407 g/mol. The summed E-state index contributed by atoms with van der Waals surface area (Å²) in [5.74, 6) is 0.579. The van der Waals surface area contributed by atoms with Gasteiger partial charge in [-0.1, -0.05) is 0 Å². The van der Waals surface area contributed by atoms with E-state index >= 15 is 0 Å². The molecule has 1 aromatic carbocycles. The second-order valence-corrected chi connectivity index (χ2v) is 6.47. The second kappa shape index (κ2) is 10.6. The lowest BCUT2D eigenvalue weighted by molar-refractivity contribution is -0.115. The summed E-state index contributed by atoms with van der Waals surface area (Å²) in [5, 5.41) is 9.73. The summed E-state index contributed by atoms with van der Waals surface area (Å²) >= 11 is 6.42. The number of nitrogens with zero attached hydrogens (tertiary/aromatic N) is 3. The highest BCUT2D eigenvalue weighted by molar-refractivity contribution is 7.80. The fraction of sp³-hybridized carbons (Fsp3) is 0.294. The zero-order valence-corrected chi connectivity index (χ0v) is 16.9. The van der Waals surface area contributed by atoms with E-state index in [-0.39, 0.29) is 5.91 Å². The Hall–Kier alpha value is -2.56. The van der Waals surface area contributed by atoms with Crippen molar-refractivity contribution in [2.45, 2.75) is 6.92 Å². The molecule has 2 aromatic rings. The number of hydrogen-bond donors (Lipinski definition) is 2. The minimum absolute atomic E-state index is 0.139. The number of benzene rings is 1. The van der Waals surface area contributed by atoms with Crippen molar-refractivity contribution < 1.29 is 14.3 Å².